The van der Waals surface area contributed by atoms with Gasteiger partial charge in [0.05, 0.1) is 12.5 Å². The van der Waals surface area contributed by atoms with Crippen LogP contribution in [0, 0.1) is 0 Å². The summed E-state index contributed by atoms with van der Waals surface area (Å²) < 4.78 is 7.28. The number of hydrogen-bond acceptors (Lipinski definition) is 4. The van der Waals surface area contributed by atoms with E-state index in [4.69, 9.17) is 9.84 Å². The first kappa shape index (κ1) is 17.5. The zero-order valence-electron chi connectivity index (χ0n) is 14.0. The lowest BCUT2D eigenvalue weighted by atomic mass is 10.1. The molecule has 0 saturated carbocycles. The lowest BCUT2D eigenvalue weighted by molar-refractivity contribution is -0.137. The summed E-state index contributed by atoms with van der Waals surface area (Å²) in [6, 6.07) is 1.79. The highest BCUT2D eigenvalue weighted by molar-refractivity contribution is 5.92. The summed E-state index contributed by atoms with van der Waals surface area (Å²) in [6.07, 6.45) is 1.78. The van der Waals surface area contributed by atoms with Gasteiger partial charge >= 0.3 is 5.97 Å². The summed E-state index contributed by atoms with van der Waals surface area (Å²) >= 11 is 0. The van der Waals surface area contributed by atoms with Crippen LogP contribution in [0.1, 0.15) is 55.2 Å². The largest absolute Gasteiger partial charge is 0.481 e. The third-order valence-corrected chi connectivity index (χ3v) is 4.06. The number of amides is 1. The Morgan fingerprint density at radius 2 is 2.26 bits per heavy atom. The first-order valence-electron chi connectivity index (χ1n) is 8.05. The van der Waals surface area contributed by atoms with Crippen molar-refractivity contribution in [1.29, 1.82) is 0 Å². The van der Waals surface area contributed by atoms with Crippen LogP contribution in [-0.4, -0.2) is 57.5 Å². The van der Waals surface area contributed by atoms with E-state index < -0.39 is 5.97 Å². The molecule has 128 valence electrons. The van der Waals surface area contributed by atoms with Gasteiger partial charge in [0.25, 0.3) is 5.91 Å². The quantitative estimate of drug-likeness (QED) is 0.824. The fourth-order valence-corrected chi connectivity index (χ4v) is 2.83. The Morgan fingerprint density at radius 3 is 2.78 bits per heavy atom. The fraction of sp³-hybridized carbons (Fsp3) is 0.688. The molecule has 0 aliphatic carbocycles. The first-order chi connectivity index (χ1) is 10.9. The maximum Gasteiger partial charge on any atom is 0.305 e. The molecule has 2 rings (SSSR count). The molecule has 23 heavy (non-hydrogen) atoms. The molecule has 0 unspecified atom stereocenters. The van der Waals surface area contributed by atoms with Crippen molar-refractivity contribution in [2.45, 2.75) is 45.1 Å². The standard InChI is InChI=1S/C16H25N3O4/c1-11(2)14-9-13(17-18(14)3)16(22)19(7-6-15(20)21)10-12-5-4-8-23-12/h9,11-12H,4-8,10H2,1-3H3,(H,20,21)/t12-/m1/s1. The van der Waals surface area contributed by atoms with Crippen LogP contribution in [0.5, 0.6) is 0 Å². The third-order valence-electron chi connectivity index (χ3n) is 4.06. The van der Waals surface area contributed by atoms with E-state index in [9.17, 15) is 9.59 Å². The molecule has 7 nitrogen and oxygen atoms in total. The average Bonchev–Trinajstić information content (AvgIpc) is 3.11. The predicted octanol–water partition coefficient (Wildman–Crippen LogP) is 1.64. The SMILES string of the molecule is CC(C)c1cc(C(=O)N(CCC(=O)O)C[C@H]2CCCO2)nn1C. The number of carbonyl (C=O) groups excluding carboxylic acids is 1. The highest BCUT2D eigenvalue weighted by Gasteiger charge is 2.26. The third kappa shape index (κ3) is 4.54. The van der Waals surface area contributed by atoms with Crippen LogP contribution in [0.2, 0.25) is 0 Å². The number of aromatic nitrogens is 2. The van der Waals surface area contributed by atoms with E-state index >= 15 is 0 Å². The van der Waals surface area contributed by atoms with Crippen molar-refractivity contribution in [2.24, 2.45) is 7.05 Å². The number of aliphatic carboxylic acids is 1. The molecule has 1 aliphatic rings. The molecular weight excluding hydrogens is 298 g/mol. The van der Waals surface area contributed by atoms with Crippen molar-refractivity contribution < 1.29 is 19.4 Å². The van der Waals surface area contributed by atoms with Gasteiger partial charge in [0.1, 0.15) is 0 Å². The summed E-state index contributed by atoms with van der Waals surface area (Å²) in [5.41, 5.74) is 1.34. The van der Waals surface area contributed by atoms with E-state index in [2.05, 4.69) is 5.10 Å². The molecule has 1 fully saturated rings. The Labute approximate surface area is 136 Å². The molecular formula is C16H25N3O4. The van der Waals surface area contributed by atoms with Crippen molar-refractivity contribution >= 4 is 11.9 Å². The maximum absolute atomic E-state index is 12.7. The summed E-state index contributed by atoms with van der Waals surface area (Å²) in [5, 5.41) is 13.2. The minimum Gasteiger partial charge on any atom is -0.481 e. The Balaban J connectivity index is 2.13. The number of ether oxygens (including phenoxy) is 1. The van der Waals surface area contributed by atoms with Crippen molar-refractivity contribution in [3.05, 3.63) is 17.5 Å². The molecule has 7 heteroatoms. The molecule has 1 saturated heterocycles. The van der Waals surface area contributed by atoms with Gasteiger partial charge in [0.15, 0.2) is 5.69 Å². The molecule has 1 aromatic heterocycles. The molecule has 1 atom stereocenters. The number of rotatable bonds is 7. The van der Waals surface area contributed by atoms with E-state index in [-0.39, 0.29) is 30.9 Å². The molecule has 2 heterocycles. The lowest BCUT2D eigenvalue weighted by Crippen LogP contribution is -2.39. The average molecular weight is 323 g/mol. The molecule has 0 aromatic carbocycles. The van der Waals surface area contributed by atoms with Gasteiger partial charge in [-0.25, -0.2) is 0 Å². The number of carboxylic acid groups (broad SMARTS) is 1. The van der Waals surface area contributed by atoms with E-state index in [1.165, 1.54) is 0 Å². The second-order valence-corrected chi connectivity index (χ2v) is 6.26. The Kier molecular flexibility index (Phi) is 5.76. The zero-order valence-corrected chi connectivity index (χ0v) is 14.0. The molecule has 0 radical (unpaired) electrons. The van der Waals surface area contributed by atoms with Gasteiger partial charge in [-0.3, -0.25) is 14.3 Å². The molecule has 0 spiro atoms. The molecule has 1 aliphatic heterocycles. The van der Waals surface area contributed by atoms with Crippen LogP contribution in [0.15, 0.2) is 6.07 Å². The van der Waals surface area contributed by atoms with Gasteiger partial charge in [-0.2, -0.15) is 5.10 Å². The topological polar surface area (TPSA) is 84.7 Å². The number of carbonyl (C=O) groups is 2. The van der Waals surface area contributed by atoms with Crippen LogP contribution in [0.25, 0.3) is 0 Å². The number of nitrogens with zero attached hydrogens (tertiary/aromatic N) is 3. The Morgan fingerprint density at radius 1 is 1.52 bits per heavy atom. The van der Waals surface area contributed by atoms with Crippen molar-refractivity contribution in [1.82, 2.24) is 14.7 Å². The van der Waals surface area contributed by atoms with Gasteiger partial charge in [-0.05, 0) is 24.8 Å². The second-order valence-electron chi connectivity index (χ2n) is 6.26. The minimum absolute atomic E-state index is 0.0129. The van der Waals surface area contributed by atoms with Gasteiger partial charge in [-0.15, -0.1) is 0 Å². The fourth-order valence-electron chi connectivity index (χ4n) is 2.83. The van der Waals surface area contributed by atoms with E-state index in [0.717, 1.165) is 18.5 Å². The van der Waals surface area contributed by atoms with E-state index in [0.29, 0.717) is 18.8 Å². The Hall–Kier alpha value is -1.89. The van der Waals surface area contributed by atoms with Gasteiger partial charge in [0, 0.05) is 32.4 Å². The highest BCUT2D eigenvalue weighted by atomic mass is 16.5. The minimum atomic E-state index is -0.918. The second kappa shape index (κ2) is 7.59. The van der Waals surface area contributed by atoms with Crippen LogP contribution < -0.4 is 0 Å². The van der Waals surface area contributed by atoms with Gasteiger partial charge in [0.2, 0.25) is 0 Å². The van der Waals surface area contributed by atoms with Crippen LogP contribution in [-0.2, 0) is 16.6 Å². The monoisotopic (exact) mass is 323 g/mol. The summed E-state index contributed by atoms with van der Waals surface area (Å²) in [7, 11) is 1.81. The molecule has 1 N–H and O–H groups in total. The zero-order chi connectivity index (χ0) is 17.0. The highest BCUT2D eigenvalue weighted by Crippen LogP contribution is 2.18. The van der Waals surface area contributed by atoms with Crippen molar-refractivity contribution in [3.8, 4) is 0 Å². The van der Waals surface area contributed by atoms with E-state index in [1.807, 2.05) is 20.9 Å². The van der Waals surface area contributed by atoms with E-state index in [1.54, 1.807) is 15.6 Å². The van der Waals surface area contributed by atoms with Crippen molar-refractivity contribution in [2.75, 3.05) is 19.7 Å². The number of aryl methyl sites for hydroxylation is 1. The van der Waals surface area contributed by atoms with Crippen LogP contribution in [0.3, 0.4) is 0 Å². The summed E-state index contributed by atoms with van der Waals surface area (Å²) in [6.45, 7) is 5.37. The van der Waals surface area contributed by atoms with Crippen LogP contribution >= 0.6 is 0 Å². The van der Waals surface area contributed by atoms with Gasteiger partial charge < -0.3 is 14.7 Å². The van der Waals surface area contributed by atoms with Gasteiger partial charge in [-0.1, -0.05) is 13.8 Å². The predicted molar refractivity (Wildman–Crippen MR) is 84.4 cm³/mol. The maximum atomic E-state index is 12.7. The molecule has 1 amide bonds. The number of hydrogen-bond donors (Lipinski definition) is 1. The normalized spacial score (nSPS) is 17.7. The summed E-state index contributed by atoms with van der Waals surface area (Å²) in [4.78, 5) is 25.1. The molecule has 1 aromatic rings. The van der Waals surface area contributed by atoms with Crippen molar-refractivity contribution in [3.63, 3.8) is 0 Å². The summed E-state index contributed by atoms with van der Waals surface area (Å²) in [5.74, 6) is -0.886. The molecule has 0 bridgehead atoms. The Bertz CT molecular complexity index is 562. The van der Waals surface area contributed by atoms with Crippen LogP contribution in [0.4, 0.5) is 0 Å². The number of carboxylic acids is 1. The smallest absolute Gasteiger partial charge is 0.305 e. The lowest BCUT2D eigenvalue weighted by Gasteiger charge is -2.24. The first-order valence-corrected chi connectivity index (χ1v) is 8.05.